The van der Waals surface area contributed by atoms with Crippen molar-refractivity contribution < 1.29 is 9.90 Å². The lowest BCUT2D eigenvalue weighted by molar-refractivity contribution is 0.0690. The molecule has 2 aromatic heterocycles. The topological polar surface area (TPSA) is 54.6 Å². The second-order valence-electron chi connectivity index (χ2n) is 4.53. The Bertz CT molecular complexity index is 807. The molecule has 0 saturated carbocycles. The van der Waals surface area contributed by atoms with E-state index in [0.29, 0.717) is 16.4 Å². The number of imidazole rings is 1. The molecule has 0 aliphatic carbocycles. The molecule has 0 radical (unpaired) electrons. The van der Waals surface area contributed by atoms with Gasteiger partial charge in [0.25, 0.3) is 0 Å². The standard InChI is InChI=1S/C15H11ClN2O2/c1-9-4-6-10(7-5-9)12-13(15(19)20)18-8-2-3-11(16)14(18)17-12/h2-8H,1H3,(H,19,20). The number of aryl methyl sites for hydroxylation is 1. The van der Waals surface area contributed by atoms with Crippen molar-refractivity contribution in [3.8, 4) is 11.3 Å². The van der Waals surface area contributed by atoms with Gasteiger partial charge in [0.2, 0.25) is 0 Å². The summed E-state index contributed by atoms with van der Waals surface area (Å²) in [5.41, 5.74) is 2.85. The third-order valence-electron chi connectivity index (χ3n) is 3.13. The second kappa shape index (κ2) is 4.65. The van der Waals surface area contributed by atoms with Gasteiger partial charge >= 0.3 is 5.97 Å². The van der Waals surface area contributed by atoms with Crippen molar-refractivity contribution >= 4 is 23.2 Å². The van der Waals surface area contributed by atoms with Gasteiger partial charge in [-0.25, -0.2) is 9.78 Å². The van der Waals surface area contributed by atoms with Gasteiger partial charge in [-0.05, 0) is 19.1 Å². The van der Waals surface area contributed by atoms with Crippen LogP contribution in [0.5, 0.6) is 0 Å². The van der Waals surface area contributed by atoms with Crippen molar-refractivity contribution in [1.29, 1.82) is 0 Å². The summed E-state index contributed by atoms with van der Waals surface area (Å²) >= 11 is 6.08. The zero-order valence-corrected chi connectivity index (χ0v) is 11.4. The van der Waals surface area contributed by atoms with Crippen LogP contribution >= 0.6 is 11.6 Å². The van der Waals surface area contributed by atoms with E-state index in [9.17, 15) is 9.90 Å². The van der Waals surface area contributed by atoms with E-state index in [-0.39, 0.29) is 5.69 Å². The smallest absolute Gasteiger partial charge is 0.355 e. The lowest BCUT2D eigenvalue weighted by Crippen LogP contribution is -2.03. The molecular formula is C15H11ClN2O2. The molecule has 2 heterocycles. The van der Waals surface area contributed by atoms with E-state index >= 15 is 0 Å². The SMILES string of the molecule is Cc1ccc(-c2nc3c(Cl)cccn3c2C(=O)O)cc1. The number of rotatable bonds is 2. The van der Waals surface area contributed by atoms with Gasteiger partial charge in [-0.3, -0.25) is 4.40 Å². The van der Waals surface area contributed by atoms with Crippen LogP contribution in [0.3, 0.4) is 0 Å². The Morgan fingerprint density at radius 3 is 2.60 bits per heavy atom. The Kier molecular flexibility index (Phi) is 2.95. The maximum atomic E-state index is 11.5. The number of carbonyl (C=O) groups is 1. The van der Waals surface area contributed by atoms with Gasteiger partial charge in [-0.1, -0.05) is 41.4 Å². The third-order valence-corrected chi connectivity index (χ3v) is 3.43. The summed E-state index contributed by atoms with van der Waals surface area (Å²) < 4.78 is 1.50. The summed E-state index contributed by atoms with van der Waals surface area (Å²) in [6.45, 7) is 1.97. The van der Waals surface area contributed by atoms with Gasteiger partial charge in [-0.15, -0.1) is 0 Å². The molecule has 3 rings (SSSR count). The first-order valence-electron chi connectivity index (χ1n) is 6.05. The van der Waals surface area contributed by atoms with Crippen LogP contribution in [0.2, 0.25) is 5.02 Å². The molecule has 3 aromatic rings. The van der Waals surface area contributed by atoms with Gasteiger partial charge in [0, 0.05) is 11.8 Å². The minimum absolute atomic E-state index is 0.117. The maximum absolute atomic E-state index is 11.5. The molecular weight excluding hydrogens is 276 g/mol. The molecule has 1 aromatic carbocycles. The summed E-state index contributed by atoms with van der Waals surface area (Å²) in [4.78, 5) is 15.9. The molecule has 0 saturated heterocycles. The lowest BCUT2D eigenvalue weighted by Gasteiger charge is -2.01. The van der Waals surface area contributed by atoms with Crippen LogP contribution in [0.1, 0.15) is 16.1 Å². The predicted octanol–water partition coefficient (Wildman–Crippen LogP) is 3.66. The van der Waals surface area contributed by atoms with E-state index in [4.69, 9.17) is 11.6 Å². The lowest BCUT2D eigenvalue weighted by atomic mass is 10.1. The van der Waals surface area contributed by atoms with Crippen LogP contribution in [0.15, 0.2) is 42.6 Å². The minimum Gasteiger partial charge on any atom is -0.476 e. The van der Waals surface area contributed by atoms with Gasteiger partial charge in [0.05, 0.1) is 5.02 Å². The molecule has 0 bridgehead atoms. The Hall–Kier alpha value is -2.33. The number of aromatic nitrogens is 2. The summed E-state index contributed by atoms with van der Waals surface area (Å²) in [5, 5.41) is 9.88. The molecule has 1 N–H and O–H groups in total. The quantitative estimate of drug-likeness (QED) is 0.782. The van der Waals surface area contributed by atoms with Gasteiger partial charge in [-0.2, -0.15) is 0 Å². The first-order valence-corrected chi connectivity index (χ1v) is 6.42. The first-order chi connectivity index (χ1) is 9.58. The van der Waals surface area contributed by atoms with E-state index in [1.54, 1.807) is 18.3 Å². The fourth-order valence-corrected chi connectivity index (χ4v) is 2.36. The molecule has 5 heteroatoms. The number of pyridine rings is 1. The largest absolute Gasteiger partial charge is 0.476 e. The van der Waals surface area contributed by atoms with Crippen molar-refractivity contribution in [1.82, 2.24) is 9.38 Å². The van der Waals surface area contributed by atoms with Crippen molar-refractivity contribution in [2.45, 2.75) is 6.92 Å². The maximum Gasteiger partial charge on any atom is 0.355 e. The third kappa shape index (κ3) is 1.94. The van der Waals surface area contributed by atoms with Crippen molar-refractivity contribution in [3.05, 3.63) is 58.9 Å². The highest BCUT2D eigenvalue weighted by molar-refractivity contribution is 6.33. The Morgan fingerprint density at radius 2 is 1.95 bits per heavy atom. The van der Waals surface area contributed by atoms with Crippen molar-refractivity contribution in [2.24, 2.45) is 0 Å². The number of carboxylic acid groups (broad SMARTS) is 1. The molecule has 4 nitrogen and oxygen atoms in total. The summed E-state index contributed by atoms with van der Waals surface area (Å²) in [7, 11) is 0. The molecule has 0 amide bonds. The molecule has 0 unspecified atom stereocenters. The first kappa shape index (κ1) is 12.7. The number of carboxylic acids is 1. The summed E-state index contributed by atoms with van der Waals surface area (Å²) in [6.07, 6.45) is 1.65. The van der Waals surface area contributed by atoms with Crippen LogP contribution in [0, 0.1) is 6.92 Å². The fraction of sp³-hybridized carbons (Fsp3) is 0.0667. The Morgan fingerprint density at radius 1 is 1.25 bits per heavy atom. The highest BCUT2D eigenvalue weighted by Gasteiger charge is 2.20. The Labute approximate surface area is 120 Å². The van der Waals surface area contributed by atoms with Crippen LogP contribution in [-0.4, -0.2) is 20.5 Å². The zero-order valence-electron chi connectivity index (χ0n) is 10.7. The molecule has 0 fully saturated rings. The molecule has 0 atom stereocenters. The van der Waals surface area contributed by atoms with Crippen LogP contribution < -0.4 is 0 Å². The van der Waals surface area contributed by atoms with Crippen LogP contribution in [0.25, 0.3) is 16.9 Å². The number of hydrogen-bond donors (Lipinski definition) is 1. The molecule has 0 spiro atoms. The number of nitrogens with zero attached hydrogens (tertiary/aromatic N) is 2. The molecule has 0 aliphatic rings. The minimum atomic E-state index is -1.03. The van der Waals surface area contributed by atoms with Crippen LogP contribution in [-0.2, 0) is 0 Å². The van der Waals surface area contributed by atoms with E-state index in [1.807, 2.05) is 31.2 Å². The fourth-order valence-electron chi connectivity index (χ4n) is 2.15. The zero-order chi connectivity index (χ0) is 14.3. The monoisotopic (exact) mass is 286 g/mol. The van der Waals surface area contributed by atoms with E-state index in [0.717, 1.165) is 11.1 Å². The number of aromatic carboxylic acids is 1. The highest BCUT2D eigenvalue weighted by atomic mass is 35.5. The van der Waals surface area contributed by atoms with E-state index in [2.05, 4.69) is 4.98 Å². The normalized spacial score (nSPS) is 10.9. The van der Waals surface area contributed by atoms with Crippen LogP contribution in [0.4, 0.5) is 0 Å². The molecule has 100 valence electrons. The van der Waals surface area contributed by atoms with E-state index < -0.39 is 5.97 Å². The highest BCUT2D eigenvalue weighted by Crippen LogP contribution is 2.27. The second-order valence-corrected chi connectivity index (χ2v) is 4.94. The van der Waals surface area contributed by atoms with Gasteiger partial charge in [0.15, 0.2) is 11.3 Å². The average Bonchev–Trinajstić information content (AvgIpc) is 2.80. The number of hydrogen-bond acceptors (Lipinski definition) is 2. The Balaban J connectivity index is 2.35. The van der Waals surface area contributed by atoms with Gasteiger partial charge < -0.3 is 5.11 Å². The van der Waals surface area contributed by atoms with Crippen molar-refractivity contribution in [2.75, 3.05) is 0 Å². The summed E-state index contributed by atoms with van der Waals surface area (Å²) in [6, 6.07) is 10.9. The van der Waals surface area contributed by atoms with Gasteiger partial charge in [0.1, 0.15) is 5.69 Å². The number of halogens is 1. The van der Waals surface area contributed by atoms with E-state index in [1.165, 1.54) is 4.40 Å². The number of benzene rings is 1. The average molecular weight is 287 g/mol. The molecule has 20 heavy (non-hydrogen) atoms. The van der Waals surface area contributed by atoms with Crippen molar-refractivity contribution in [3.63, 3.8) is 0 Å². The predicted molar refractivity (Wildman–Crippen MR) is 77.3 cm³/mol. The molecule has 0 aliphatic heterocycles. The number of fused-ring (bicyclic) bond motifs is 1. The summed E-state index contributed by atoms with van der Waals surface area (Å²) in [5.74, 6) is -1.03.